The number of amides is 3. The maximum Gasteiger partial charge on any atom is 0.437 e. The third-order valence-corrected chi connectivity index (χ3v) is 8.75. The molecule has 0 saturated carbocycles. The molecule has 0 aromatic heterocycles. The van der Waals surface area contributed by atoms with Crippen LogP contribution in [-0.4, -0.2) is 82.5 Å². The number of guanidine groups is 1. The molecule has 0 saturated heterocycles. The Morgan fingerprint density at radius 2 is 1.19 bits per heavy atom. The fourth-order valence-electron chi connectivity index (χ4n) is 4.90. The van der Waals surface area contributed by atoms with E-state index < -0.39 is 75.4 Å². The molecule has 19 heteroatoms. The number of rotatable bonds is 11. The number of hydrogen-bond acceptors (Lipinski definition) is 13. The predicted octanol–water partition coefficient (Wildman–Crippen LogP) is 7.36. The van der Waals surface area contributed by atoms with E-state index in [0.29, 0.717) is 15.6 Å². The monoisotopic (exact) mass is 883 g/mol. The van der Waals surface area contributed by atoms with Gasteiger partial charge in [0, 0.05) is 5.69 Å². The van der Waals surface area contributed by atoms with Crippen molar-refractivity contribution in [3.05, 3.63) is 89.5 Å². The van der Waals surface area contributed by atoms with Gasteiger partial charge in [0.1, 0.15) is 39.9 Å². The molecule has 18 nitrogen and oxygen atoms in total. The average Bonchev–Trinajstić information content (AvgIpc) is 3.08. The van der Waals surface area contributed by atoms with Crippen LogP contribution in [0.15, 0.2) is 77.8 Å². The van der Waals surface area contributed by atoms with Gasteiger partial charge >= 0.3 is 40.4 Å². The SMILES string of the molecule is CC(C)(C)OC(=O)N=C(NC(=O)OC(C)(C)C)Nc1ccc(C(=O)Oc2ccc(CN(C(=O)OC(C)(C)C)S(=O)(=O)NC(Cc3ccc(O)cc3)C(=O)OC(C)(C)C)cc2)cc1. The first kappa shape index (κ1) is 50.1. The number of benzene rings is 3. The molecule has 0 bridgehead atoms. The lowest BCUT2D eigenvalue weighted by Gasteiger charge is -2.29. The molecular weight excluding hydrogens is 827 g/mol. The number of nitrogens with one attached hydrogen (secondary N) is 3. The molecule has 3 rings (SSSR count). The van der Waals surface area contributed by atoms with E-state index in [2.05, 4.69) is 20.3 Å². The van der Waals surface area contributed by atoms with Crippen LogP contribution in [-0.2, 0) is 46.9 Å². The zero-order valence-corrected chi connectivity index (χ0v) is 37.9. The van der Waals surface area contributed by atoms with Crippen molar-refractivity contribution in [3.63, 3.8) is 0 Å². The normalized spacial score (nSPS) is 12.9. The van der Waals surface area contributed by atoms with Gasteiger partial charge in [-0.3, -0.25) is 10.1 Å². The lowest BCUT2D eigenvalue weighted by molar-refractivity contribution is -0.157. The number of alkyl carbamates (subject to hydrolysis) is 1. The standard InChI is InChI=1S/C43H57N5O13S/c1-40(2,3)58-35(51)33(25-27-13-21-31(49)22-14-27)47-62(55,56)48(39(54)61-43(10,11)12)26-28-15-23-32(24-16-28)57-34(50)29-17-19-30(20-18-29)44-36(45-37(52)59-41(4,5)6)46-38(53)60-42(7,8)9/h13-24,33,47,49H,25-26H2,1-12H3,(H2,44,45,46,52,53). The number of esters is 2. The van der Waals surface area contributed by atoms with Crippen LogP contribution < -0.4 is 20.1 Å². The first-order valence-electron chi connectivity index (χ1n) is 19.4. The number of phenols is 1. The minimum atomic E-state index is -4.81. The van der Waals surface area contributed by atoms with Crippen LogP contribution in [0.4, 0.5) is 20.1 Å². The van der Waals surface area contributed by atoms with Gasteiger partial charge < -0.3 is 34.1 Å². The molecule has 0 spiro atoms. The van der Waals surface area contributed by atoms with E-state index in [1.165, 1.54) is 72.8 Å². The van der Waals surface area contributed by atoms with E-state index in [-0.39, 0.29) is 35.0 Å². The van der Waals surface area contributed by atoms with Gasteiger partial charge in [-0.2, -0.15) is 17.4 Å². The minimum Gasteiger partial charge on any atom is -0.508 e. The van der Waals surface area contributed by atoms with Crippen LogP contribution in [0.2, 0.25) is 0 Å². The van der Waals surface area contributed by atoms with Crippen LogP contribution >= 0.6 is 0 Å². The fourth-order valence-corrected chi connectivity index (χ4v) is 6.12. The van der Waals surface area contributed by atoms with Crippen LogP contribution in [0.25, 0.3) is 0 Å². The summed E-state index contributed by atoms with van der Waals surface area (Å²) in [6, 6.07) is 15.8. The van der Waals surface area contributed by atoms with Gasteiger partial charge in [0.15, 0.2) is 0 Å². The highest BCUT2D eigenvalue weighted by atomic mass is 32.2. The molecule has 0 aliphatic carbocycles. The van der Waals surface area contributed by atoms with Crippen molar-refractivity contribution < 1.29 is 61.2 Å². The van der Waals surface area contributed by atoms with Gasteiger partial charge in [-0.25, -0.2) is 19.2 Å². The zero-order chi connectivity index (χ0) is 46.8. The summed E-state index contributed by atoms with van der Waals surface area (Å²) in [5, 5.41) is 14.9. The molecule has 3 aromatic rings. The topological polar surface area (TPSA) is 238 Å². The quantitative estimate of drug-likeness (QED) is 0.0484. The highest BCUT2D eigenvalue weighted by molar-refractivity contribution is 7.87. The summed E-state index contributed by atoms with van der Waals surface area (Å²) in [4.78, 5) is 68.5. The lowest BCUT2D eigenvalue weighted by Crippen LogP contribution is -2.52. The van der Waals surface area contributed by atoms with Gasteiger partial charge in [0.2, 0.25) is 5.96 Å². The van der Waals surface area contributed by atoms with Crippen LogP contribution in [0.3, 0.4) is 0 Å². The number of hydrogen-bond donors (Lipinski definition) is 4. The Morgan fingerprint density at radius 3 is 1.71 bits per heavy atom. The number of carbonyl (C=O) groups is 5. The summed E-state index contributed by atoms with van der Waals surface area (Å²) in [6.45, 7) is 19.0. The maximum atomic E-state index is 14.0. The van der Waals surface area contributed by atoms with E-state index in [4.69, 9.17) is 23.7 Å². The number of carbonyl (C=O) groups excluding carboxylic acids is 5. The van der Waals surface area contributed by atoms with E-state index in [1.54, 1.807) is 83.1 Å². The van der Waals surface area contributed by atoms with Gasteiger partial charge in [-0.1, -0.05) is 24.3 Å². The number of anilines is 1. The summed E-state index contributed by atoms with van der Waals surface area (Å²) in [7, 11) is -4.81. The van der Waals surface area contributed by atoms with Gasteiger partial charge in [0.05, 0.1) is 12.1 Å². The molecule has 62 heavy (non-hydrogen) atoms. The highest BCUT2D eigenvalue weighted by Gasteiger charge is 2.37. The molecule has 0 radical (unpaired) electrons. The second kappa shape index (κ2) is 20.1. The highest BCUT2D eigenvalue weighted by Crippen LogP contribution is 2.22. The van der Waals surface area contributed by atoms with E-state index in [1.807, 2.05) is 0 Å². The third-order valence-electron chi connectivity index (χ3n) is 7.31. The zero-order valence-electron chi connectivity index (χ0n) is 37.1. The van der Waals surface area contributed by atoms with E-state index >= 15 is 0 Å². The van der Waals surface area contributed by atoms with Crippen molar-refractivity contribution in [2.24, 2.45) is 4.99 Å². The molecule has 0 aliphatic rings. The van der Waals surface area contributed by atoms with Crippen LogP contribution in [0.1, 0.15) is 105 Å². The summed E-state index contributed by atoms with van der Waals surface area (Å²) < 4.78 is 57.6. The Balaban J connectivity index is 1.80. The van der Waals surface area contributed by atoms with Crippen molar-refractivity contribution in [2.45, 2.75) is 124 Å². The van der Waals surface area contributed by atoms with Crippen molar-refractivity contribution in [3.8, 4) is 11.5 Å². The molecular formula is C43H57N5O13S. The summed E-state index contributed by atoms with van der Waals surface area (Å²) >= 11 is 0. The van der Waals surface area contributed by atoms with Crippen molar-refractivity contribution in [1.29, 1.82) is 0 Å². The lowest BCUT2D eigenvalue weighted by atomic mass is 10.1. The molecule has 0 fully saturated rings. The largest absolute Gasteiger partial charge is 0.508 e. The summed E-state index contributed by atoms with van der Waals surface area (Å²) in [6.07, 6.45) is -3.27. The first-order valence-corrected chi connectivity index (χ1v) is 20.8. The Morgan fingerprint density at radius 1 is 0.677 bits per heavy atom. The van der Waals surface area contributed by atoms with Crippen molar-refractivity contribution in [1.82, 2.24) is 14.3 Å². The summed E-state index contributed by atoms with van der Waals surface area (Å²) in [5.74, 6) is -1.91. The molecule has 1 atom stereocenters. The predicted molar refractivity (Wildman–Crippen MR) is 230 cm³/mol. The molecule has 1 unspecified atom stereocenters. The Hall–Kier alpha value is -6.21. The maximum absolute atomic E-state index is 14.0. The van der Waals surface area contributed by atoms with Gasteiger partial charge in [-0.05, 0) is 149 Å². The Kier molecular flexibility index (Phi) is 16.3. The molecule has 4 N–H and O–H groups in total. The molecule has 3 aromatic carbocycles. The smallest absolute Gasteiger partial charge is 0.437 e. The number of phenolic OH excluding ortho intramolecular Hbond substituents is 1. The van der Waals surface area contributed by atoms with Crippen molar-refractivity contribution in [2.75, 3.05) is 5.32 Å². The van der Waals surface area contributed by atoms with Crippen molar-refractivity contribution >= 4 is 52.1 Å². The van der Waals surface area contributed by atoms with Gasteiger partial charge in [-0.15, -0.1) is 4.99 Å². The van der Waals surface area contributed by atoms with Gasteiger partial charge in [0.25, 0.3) is 0 Å². The van der Waals surface area contributed by atoms with Crippen LogP contribution in [0, 0.1) is 0 Å². The number of ether oxygens (including phenoxy) is 5. The molecule has 3 amide bonds. The van der Waals surface area contributed by atoms with E-state index in [9.17, 15) is 37.5 Å². The number of aliphatic imine (C=N–C) groups is 1. The summed E-state index contributed by atoms with van der Waals surface area (Å²) in [5.41, 5.74) is -2.55. The average molecular weight is 884 g/mol. The number of aromatic hydroxyl groups is 1. The molecule has 0 heterocycles. The Bertz CT molecular complexity index is 2200. The second-order valence-corrected chi connectivity index (χ2v) is 19.5. The first-order chi connectivity index (χ1) is 28.4. The number of nitrogens with zero attached hydrogens (tertiary/aromatic N) is 2. The van der Waals surface area contributed by atoms with Crippen LogP contribution in [0.5, 0.6) is 11.5 Å². The minimum absolute atomic E-state index is 0.0295. The molecule has 0 aliphatic heterocycles. The van der Waals surface area contributed by atoms with E-state index in [0.717, 1.165) is 0 Å². The second-order valence-electron chi connectivity index (χ2n) is 17.9. The third kappa shape index (κ3) is 18.2. The fraction of sp³-hybridized carbons (Fsp3) is 0.442. The Labute approximate surface area is 362 Å². The molecule has 338 valence electrons.